The first-order chi connectivity index (χ1) is 22.2. The van der Waals surface area contributed by atoms with E-state index in [1.807, 2.05) is 6.07 Å². The first kappa shape index (κ1) is 37.8. The van der Waals surface area contributed by atoms with Crippen molar-refractivity contribution in [1.29, 1.82) is 0 Å². The molecule has 1 aliphatic heterocycles. The largest absolute Gasteiger partial charge is 0.508 e. The van der Waals surface area contributed by atoms with Crippen LogP contribution in [0.4, 0.5) is 0 Å². The van der Waals surface area contributed by atoms with Crippen LogP contribution < -0.4 is 5.32 Å². The van der Waals surface area contributed by atoms with Gasteiger partial charge in [0.15, 0.2) is 0 Å². The molecule has 0 aliphatic carbocycles. The Morgan fingerprint density at radius 2 is 1.78 bits per heavy atom. The first-order valence-electron chi connectivity index (χ1n) is 16.2. The second-order valence-electron chi connectivity index (χ2n) is 11.5. The lowest BCUT2D eigenvalue weighted by Crippen LogP contribution is -2.43. The van der Waals surface area contributed by atoms with Crippen LogP contribution in [0.3, 0.4) is 0 Å². The summed E-state index contributed by atoms with van der Waals surface area (Å²) in [5, 5.41) is 32.5. The number of unbranched alkanes of at least 4 members (excludes halogenated alkanes) is 4. The Bertz CT molecular complexity index is 1290. The van der Waals surface area contributed by atoms with Crippen LogP contribution in [0, 0.1) is 0 Å². The molecule has 13 heteroatoms. The number of nitrogens with zero attached hydrogens (tertiary/aromatic N) is 2. The summed E-state index contributed by atoms with van der Waals surface area (Å²) in [6.45, 7) is 6.55. The van der Waals surface area contributed by atoms with Crippen LogP contribution in [0.5, 0.6) is 5.75 Å². The van der Waals surface area contributed by atoms with Crippen LogP contribution in [0.2, 0.25) is 0 Å². The van der Waals surface area contributed by atoms with Crippen molar-refractivity contribution in [2.45, 2.75) is 69.5 Å². The predicted molar refractivity (Wildman–Crippen MR) is 173 cm³/mol. The van der Waals surface area contributed by atoms with Crippen LogP contribution in [0.15, 0.2) is 47.4 Å². The molecule has 258 valence electrons. The summed E-state index contributed by atoms with van der Waals surface area (Å²) >= 11 is 0. The summed E-state index contributed by atoms with van der Waals surface area (Å²) in [4.78, 5) is 19.0. The molecule has 0 aromatic heterocycles. The third kappa shape index (κ3) is 13.2. The van der Waals surface area contributed by atoms with E-state index in [9.17, 15) is 28.5 Å². The smallest absolute Gasteiger partial charge is 0.323 e. The van der Waals surface area contributed by atoms with E-state index in [4.69, 9.17) is 14.3 Å². The van der Waals surface area contributed by atoms with Crippen molar-refractivity contribution in [3.8, 4) is 5.75 Å². The van der Waals surface area contributed by atoms with Gasteiger partial charge in [0, 0.05) is 51.9 Å². The number of rotatable bonds is 22. The predicted octanol–water partition coefficient (Wildman–Crippen LogP) is 2.91. The minimum atomic E-state index is -4.02. The fourth-order valence-electron chi connectivity index (χ4n) is 5.12. The molecular formula is C33H51N3O9S. The molecule has 3 rings (SSSR count). The van der Waals surface area contributed by atoms with Gasteiger partial charge in [0.1, 0.15) is 5.75 Å². The van der Waals surface area contributed by atoms with Crippen LogP contribution in [0.1, 0.15) is 68.2 Å². The van der Waals surface area contributed by atoms with Crippen LogP contribution >= 0.6 is 0 Å². The topological polar surface area (TPSA) is 158 Å². The lowest BCUT2D eigenvalue weighted by atomic mass is 10.1. The second-order valence-corrected chi connectivity index (χ2v) is 13.3. The van der Waals surface area contributed by atoms with E-state index >= 15 is 0 Å². The molecule has 46 heavy (non-hydrogen) atoms. The van der Waals surface area contributed by atoms with Gasteiger partial charge >= 0.3 is 5.97 Å². The lowest BCUT2D eigenvalue weighted by molar-refractivity contribution is -0.167. The highest BCUT2D eigenvalue weighted by molar-refractivity contribution is 7.89. The molecule has 1 saturated heterocycles. The number of nitrogens with one attached hydrogen (secondary N) is 1. The van der Waals surface area contributed by atoms with Gasteiger partial charge in [0.2, 0.25) is 0 Å². The summed E-state index contributed by atoms with van der Waals surface area (Å²) in [5.41, 5.74) is 1.96. The Hall–Kier alpha value is -2.62. The third-order valence-corrected chi connectivity index (χ3v) is 9.43. The van der Waals surface area contributed by atoms with Gasteiger partial charge in [-0.1, -0.05) is 31.0 Å². The molecule has 0 saturated carbocycles. The van der Waals surface area contributed by atoms with Crippen molar-refractivity contribution in [2.24, 2.45) is 0 Å². The number of aryl methyl sites for hydroxylation is 1. The zero-order valence-corrected chi connectivity index (χ0v) is 27.8. The summed E-state index contributed by atoms with van der Waals surface area (Å²) in [6, 6.07) is 11.6. The number of ether oxygens (including phenoxy) is 2. The van der Waals surface area contributed by atoms with Gasteiger partial charge in [-0.3, -0.25) is 9.69 Å². The molecule has 0 bridgehead atoms. The maximum atomic E-state index is 13.3. The fraction of sp³-hybridized carbons (Fsp3) is 0.606. The summed E-state index contributed by atoms with van der Waals surface area (Å²) in [6.07, 6.45) is 5.81. The van der Waals surface area contributed by atoms with E-state index in [0.717, 1.165) is 55.1 Å². The molecular weight excluding hydrogens is 614 g/mol. The Morgan fingerprint density at radius 1 is 1.04 bits per heavy atom. The highest BCUT2D eigenvalue weighted by Crippen LogP contribution is 2.22. The van der Waals surface area contributed by atoms with Gasteiger partial charge < -0.3 is 34.9 Å². The number of aliphatic hydroxyl groups excluding tert-OH is 2. The maximum Gasteiger partial charge on any atom is 0.323 e. The number of carbonyl (C=O) groups is 1. The zero-order chi connectivity index (χ0) is 33.2. The van der Waals surface area contributed by atoms with Gasteiger partial charge in [0.05, 0.1) is 37.4 Å². The molecule has 1 fully saturated rings. The van der Waals surface area contributed by atoms with Gasteiger partial charge in [-0.05, 0) is 78.5 Å². The van der Waals surface area contributed by atoms with E-state index in [1.54, 1.807) is 24.3 Å². The SMILES string of the molecule is CC(=O)ON(CCN1CCOCC1)S(=O)(=O)c1cccc(CCCCOCCCCCCNC[C@@H](O)c2ccc(O)c(CO)c2)c1. The number of hydrogen-bond donors (Lipinski definition) is 4. The minimum Gasteiger partial charge on any atom is -0.508 e. The normalized spacial score (nSPS) is 14.9. The van der Waals surface area contributed by atoms with Gasteiger partial charge in [-0.2, -0.15) is 0 Å². The van der Waals surface area contributed by atoms with Crippen molar-refractivity contribution < 1.29 is 42.8 Å². The number of aromatic hydroxyl groups is 1. The number of morpholine rings is 1. The summed E-state index contributed by atoms with van der Waals surface area (Å²) in [5.74, 6) is -0.662. The second kappa shape index (κ2) is 20.6. The van der Waals surface area contributed by atoms with Crippen molar-refractivity contribution in [2.75, 3.05) is 65.7 Å². The van der Waals surface area contributed by atoms with Crippen molar-refractivity contribution in [3.05, 3.63) is 59.2 Å². The van der Waals surface area contributed by atoms with E-state index in [0.29, 0.717) is 70.2 Å². The molecule has 4 N–H and O–H groups in total. The molecule has 1 atom stereocenters. The number of hydroxylamine groups is 1. The van der Waals surface area contributed by atoms with E-state index in [2.05, 4.69) is 10.2 Å². The Kier molecular flexibility index (Phi) is 16.9. The maximum absolute atomic E-state index is 13.3. The average Bonchev–Trinajstić information content (AvgIpc) is 3.05. The van der Waals surface area contributed by atoms with Crippen LogP contribution in [0.25, 0.3) is 0 Å². The molecule has 0 unspecified atom stereocenters. The van der Waals surface area contributed by atoms with E-state index < -0.39 is 22.1 Å². The average molecular weight is 666 g/mol. The highest BCUT2D eigenvalue weighted by Gasteiger charge is 2.28. The Labute approximate surface area is 273 Å². The van der Waals surface area contributed by atoms with E-state index in [-0.39, 0.29) is 23.8 Å². The lowest BCUT2D eigenvalue weighted by Gasteiger charge is -2.28. The number of sulfonamides is 1. The van der Waals surface area contributed by atoms with Gasteiger partial charge in [-0.25, -0.2) is 8.42 Å². The number of benzene rings is 2. The minimum absolute atomic E-state index is 0.0220. The molecule has 1 aliphatic rings. The Balaban J connectivity index is 1.26. The van der Waals surface area contributed by atoms with Crippen LogP contribution in [-0.2, 0) is 42.2 Å². The van der Waals surface area contributed by atoms with Crippen molar-refractivity contribution >= 4 is 16.0 Å². The molecule has 0 amide bonds. The standard InChI is InChI=1S/C33H51N3O9S/c1-27(38)45-36(16-15-35-17-21-44-22-18-35)46(41,42)31-11-8-10-28(23-31)9-4-7-20-43-19-6-3-2-5-14-34-25-33(40)29-12-13-32(39)30(24-29)26-37/h8,10-13,23-24,33-34,37,39-40H,2-7,9,14-22,25-26H2,1H3/t33-/m1/s1. The summed E-state index contributed by atoms with van der Waals surface area (Å²) < 4.78 is 38.6. The van der Waals surface area contributed by atoms with Gasteiger partial charge in [0.25, 0.3) is 10.0 Å². The molecule has 0 spiro atoms. The monoisotopic (exact) mass is 665 g/mol. The van der Waals surface area contributed by atoms with Crippen LogP contribution in [-0.4, -0.2) is 105 Å². The van der Waals surface area contributed by atoms with Crippen molar-refractivity contribution in [3.63, 3.8) is 0 Å². The zero-order valence-electron chi connectivity index (χ0n) is 26.9. The number of hydrogen-bond acceptors (Lipinski definition) is 11. The fourth-order valence-corrected chi connectivity index (χ4v) is 6.44. The molecule has 2 aromatic carbocycles. The summed E-state index contributed by atoms with van der Waals surface area (Å²) in [7, 11) is -4.02. The quantitative estimate of drug-likeness (QED) is 0.108. The molecule has 1 heterocycles. The van der Waals surface area contributed by atoms with Gasteiger partial charge in [-0.15, -0.1) is 0 Å². The number of phenols is 1. The third-order valence-electron chi connectivity index (χ3n) is 7.79. The number of carbonyl (C=O) groups excluding carboxylic acids is 1. The highest BCUT2D eigenvalue weighted by atomic mass is 32.2. The molecule has 0 radical (unpaired) electrons. The Morgan fingerprint density at radius 3 is 2.52 bits per heavy atom. The first-order valence-corrected chi connectivity index (χ1v) is 17.6. The van der Waals surface area contributed by atoms with E-state index in [1.165, 1.54) is 19.1 Å². The molecule has 12 nitrogen and oxygen atoms in total. The van der Waals surface area contributed by atoms with Crippen molar-refractivity contribution in [1.82, 2.24) is 14.7 Å². The molecule has 2 aromatic rings. The number of aliphatic hydroxyl groups is 2.